The van der Waals surface area contributed by atoms with E-state index in [1.165, 1.54) is 6.92 Å². The predicted molar refractivity (Wildman–Crippen MR) is 113 cm³/mol. The standard InChI is InChI=1S/C21H25F3N6O3/c1-11(31)27-16-9-13(25)3-5-18(16)29-7-6-15(20(29)32)28-19-14-8-12(21(22,23)24)2-4-17(14)30(33)10-26-19/h2,4,8,10,13,15-16,18H,3,5-7,9,25H2,1H3,(H,26,28)(H,27,31)/t13-,15?,16-,18+/m1/s1. The summed E-state index contributed by atoms with van der Waals surface area (Å²) in [5.41, 5.74) is 5.15. The van der Waals surface area contributed by atoms with Crippen LogP contribution in [-0.2, 0) is 15.8 Å². The lowest BCUT2D eigenvalue weighted by atomic mass is 9.86. The van der Waals surface area contributed by atoms with Gasteiger partial charge in [-0.15, -0.1) is 0 Å². The first kappa shape index (κ1) is 23.0. The van der Waals surface area contributed by atoms with Crippen LogP contribution in [-0.4, -0.2) is 52.4 Å². The van der Waals surface area contributed by atoms with Crippen LogP contribution in [0.25, 0.3) is 10.9 Å². The second-order valence-corrected chi connectivity index (χ2v) is 8.61. The lowest BCUT2D eigenvalue weighted by molar-refractivity contribution is -0.580. The first-order valence-corrected chi connectivity index (χ1v) is 10.7. The maximum absolute atomic E-state index is 13.2. The van der Waals surface area contributed by atoms with Gasteiger partial charge in [0.2, 0.25) is 11.8 Å². The predicted octanol–water partition coefficient (Wildman–Crippen LogP) is 1.28. The number of nitrogens with zero attached hydrogens (tertiary/aromatic N) is 3. The molecule has 178 valence electrons. The van der Waals surface area contributed by atoms with Gasteiger partial charge in [-0.05, 0) is 48.9 Å². The third kappa shape index (κ3) is 4.65. The third-order valence-corrected chi connectivity index (χ3v) is 6.30. The van der Waals surface area contributed by atoms with E-state index in [2.05, 4.69) is 15.6 Å². The number of aromatic nitrogens is 2. The van der Waals surface area contributed by atoms with Crippen molar-refractivity contribution in [1.82, 2.24) is 15.2 Å². The highest BCUT2D eigenvalue weighted by molar-refractivity contribution is 5.92. The molecule has 12 heteroatoms. The molecule has 2 fully saturated rings. The molecule has 1 saturated carbocycles. The topological polar surface area (TPSA) is 127 Å². The van der Waals surface area contributed by atoms with Crippen molar-refractivity contribution in [3.05, 3.63) is 35.3 Å². The summed E-state index contributed by atoms with van der Waals surface area (Å²) in [6, 6.07) is 1.51. The zero-order valence-electron chi connectivity index (χ0n) is 17.9. The van der Waals surface area contributed by atoms with E-state index in [0.29, 0.717) is 30.5 Å². The summed E-state index contributed by atoms with van der Waals surface area (Å²) in [5.74, 6) is -0.397. The molecule has 1 aromatic heterocycles. The molecule has 1 unspecified atom stereocenters. The van der Waals surface area contributed by atoms with Crippen molar-refractivity contribution in [2.24, 2.45) is 5.73 Å². The number of rotatable bonds is 4. The number of nitrogens with two attached hydrogens (primary N) is 1. The Hall–Kier alpha value is -3.15. The minimum Gasteiger partial charge on any atom is -0.710 e. The molecule has 1 saturated heterocycles. The summed E-state index contributed by atoms with van der Waals surface area (Å²) in [6.07, 6.45) is -1.32. The third-order valence-electron chi connectivity index (χ3n) is 6.30. The van der Waals surface area contributed by atoms with Crippen molar-refractivity contribution in [3.8, 4) is 0 Å². The van der Waals surface area contributed by atoms with E-state index in [-0.39, 0.29) is 46.7 Å². The largest absolute Gasteiger partial charge is 0.710 e. The smallest absolute Gasteiger partial charge is 0.416 e. The number of likely N-dealkylation sites (tertiary alicyclic amines) is 1. The molecule has 2 aliphatic rings. The minimum absolute atomic E-state index is 0.00907. The Morgan fingerprint density at radius 2 is 2.06 bits per heavy atom. The van der Waals surface area contributed by atoms with Gasteiger partial charge in [0.15, 0.2) is 0 Å². The SMILES string of the molecule is CC(=O)N[C@@H]1C[C@H](N)CC[C@@H]1N1CCC(Nc2nc[n+]([O-])c3ccc(C(F)(F)F)cc23)C1=O. The van der Waals surface area contributed by atoms with E-state index in [9.17, 15) is 28.0 Å². The summed E-state index contributed by atoms with van der Waals surface area (Å²) >= 11 is 0. The second kappa shape index (κ2) is 8.65. The van der Waals surface area contributed by atoms with E-state index >= 15 is 0 Å². The van der Waals surface area contributed by atoms with E-state index in [4.69, 9.17) is 5.73 Å². The van der Waals surface area contributed by atoms with Crippen LogP contribution in [0.2, 0.25) is 0 Å². The van der Waals surface area contributed by atoms with Crippen molar-refractivity contribution >= 4 is 28.5 Å². The summed E-state index contributed by atoms with van der Waals surface area (Å²) in [5, 5.41) is 17.8. The van der Waals surface area contributed by atoms with Crippen molar-refractivity contribution in [2.75, 3.05) is 11.9 Å². The molecule has 1 aliphatic heterocycles. The van der Waals surface area contributed by atoms with Crippen LogP contribution in [0, 0.1) is 5.21 Å². The molecule has 2 amide bonds. The maximum atomic E-state index is 13.2. The quantitative estimate of drug-likeness (QED) is 0.460. The maximum Gasteiger partial charge on any atom is 0.416 e. The summed E-state index contributed by atoms with van der Waals surface area (Å²) in [4.78, 5) is 30.5. The van der Waals surface area contributed by atoms with Crippen molar-refractivity contribution in [1.29, 1.82) is 0 Å². The van der Waals surface area contributed by atoms with Gasteiger partial charge >= 0.3 is 6.18 Å². The number of anilines is 1. The summed E-state index contributed by atoms with van der Waals surface area (Å²) in [7, 11) is 0. The first-order valence-electron chi connectivity index (χ1n) is 10.7. The number of hydrogen-bond acceptors (Lipinski definition) is 6. The van der Waals surface area contributed by atoms with Crippen LogP contribution in [0.15, 0.2) is 24.5 Å². The molecule has 4 rings (SSSR count). The minimum atomic E-state index is -4.59. The van der Waals surface area contributed by atoms with Crippen molar-refractivity contribution < 1.29 is 27.5 Å². The Morgan fingerprint density at radius 1 is 1.30 bits per heavy atom. The van der Waals surface area contributed by atoms with Gasteiger partial charge < -0.3 is 26.5 Å². The molecule has 2 heterocycles. The number of halogens is 3. The monoisotopic (exact) mass is 466 g/mol. The molecular weight excluding hydrogens is 441 g/mol. The van der Waals surface area contributed by atoms with Gasteiger partial charge in [0.1, 0.15) is 11.6 Å². The van der Waals surface area contributed by atoms with Gasteiger partial charge in [-0.1, -0.05) is 0 Å². The van der Waals surface area contributed by atoms with Gasteiger partial charge in [-0.25, -0.2) is 4.73 Å². The molecule has 0 spiro atoms. The number of amides is 2. The highest BCUT2D eigenvalue weighted by Gasteiger charge is 2.42. The fourth-order valence-corrected chi connectivity index (χ4v) is 4.76. The Kier molecular flexibility index (Phi) is 6.04. The average molecular weight is 466 g/mol. The molecule has 1 aliphatic carbocycles. The lowest BCUT2D eigenvalue weighted by Gasteiger charge is -2.40. The molecule has 4 atom stereocenters. The molecule has 2 aromatic rings. The summed E-state index contributed by atoms with van der Waals surface area (Å²) < 4.78 is 40.0. The summed E-state index contributed by atoms with van der Waals surface area (Å²) in [6.45, 7) is 1.84. The number of nitrogens with one attached hydrogen (secondary N) is 2. The number of benzene rings is 1. The average Bonchev–Trinajstić information content (AvgIpc) is 3.09. The Bertz CT molecular complexity index is 1080. The zero-order chi connectivity index (χ0) is 23.9. The number of carbonyl (C=O) groups excluding carboxylic acids is 2. The Balaban J connectivity index is 1.57. The van der Waals surface area contributed by atoms with E-state index in [1.54, 1.807) is 4.90 Å². The molecule has 1 aromatic carbocycles. The molecule has 0 bridgehead atoms. The number of hydrogen-bond donors (Lipinski definition) is 3. The highest BCUT2D eigenvalue weighted by Crippen LogP contribution is 2.33. The number of fused-ring (bicyclic) bond motifs is 1. The van der Waals surface area contributed by atoms with E-state index in [0.717, 1.165) is 30.9 Å². The first-order chi connectivity index (χ1) is 15.5. The van der Waals surface area contributed by atoms with Gasteiger partial charge in [0.25, 0.3) is 12.1 Å². The Morgan fingerprint density at radius 3 is 2.76 bits per heavy atom. The normalized spacial score (nSPS) is 26.0. The van der Waals surface area contributed by atoms with Crippen LogP contribution < -0.4 is 21.1 Å². The van der Waals surface area contributed by atoms with Crippen LogP contribution in [0.1, 0.15) is 38.2 Å². The second-order valence-electron chi connectivity index (χ2n) is 8.61. The molecule has 9 nitrogen and oxygen atoms in total. The van der Waals surface area contributed by atoms with Crippen LogP contribution in [0.3, 0.4) is 0 Å². The van der Waals surface area contributed by atoms with Crippen molar-refractivity contribution in [2.45, 2.75) is 63.0 Å². The van der Waals surface area contributed by atoms with Crippen LogP contribution >= 0.6 is 0 Å². The lowest BCUT2D eigenvalue weighted by Crippen LogP contribution is -2.57. The zero-order valence-corrected chi connectivity index (χ0v) is 17.9. The van der Waals surface area contributed by atoms with Gasteiger partial charge in [0, 0.05) is 19.5 Å². The van der Waals surface area contributed by atoms with Gasteiger partial charge in [-0.2, -0.15) is 13.2 Å². The van der Waals surface area contributed by atoms with E-state index in [1.807, 2.05) is 0 Å². The number of alkyl halides is 3. The van der Waals surface area contributed by atoms with Gasteiger partial charge in [-0.3, -0.25) is 9.59 Å². The fourth-order valence-electron chi connectivity index (χ4n) is 4.76. The van der Waals surface area contributed by atoms with E-state index < -0.39 is 17.8 Å². The van der Waals surface area contributed by atoms with Gasteiger partial charge in [0.05, 0.1) is 23.0 Å². The van der Waals surface area contributed by atoms with Crippen LogP contribution in [0.4, 0.5) is 19.0 Å². The fraction of sp³-hybridized carbons (Fsp3) is 0.524. The van der Waals surface area contributed by atoms with Crippen molar-refractivity contribution in [3.63, 3.8) is 0 Å². The Labute approximate surface area is 187 Å². The molecule has 4 N–H and O–H groups in total. The molecular formula is C21H25F3N6O3. The van der Waals surface area contributed by atoms with Crippen LogP contribution in [0.5, 0.6) is 0 Å². The molecule has 0 radical (unpaired) electrons. The molecule has 33 heavy (non-hydrogen) atoms. The number of carbonyl (C=O) groups is 2. The highest BCUT2D eigenvalue weighted by atomic mass is 19.4.